The van der Waals surface area contributed by atoms with Crippen LogP contribution in [0.1, 0.15) is 20.1 Å². The highest BCUT2D eigenvalue weighted by atomic mass is 31.2. The largest absolute Gasteiger partial charge is 0.756 e. The van der Waals surface area contributed by atoms with Gasteiger partial charge in [0.05, 0.1) is 13.7 Å². The number of phosphoric acid groups is 1. The van der Waals surface area contributed by atoms with E-state index in [0.29, 0.717) is 18.4 Å². The molecule has 0 radical (unpaired) electrons. The number of anilines is 1. The van der Waals surface area contributed by atoms with E-state index in [0.717, 1.165) is 0 Å². The topological polar surface area (TPSA) is 177 Å². The summed E-state index contributed by atoms with van der Waals surface area (Å²) in [6.07, 6.45) is -3.87. The summed E-state index contributed by atoms with van der Waals surface area (Å²) < 4.78 is 23.6. The van der Waals surface area contributed by atoms with Crippen LogP contribution < -0.4 is 19.9 Å². The fourth-order valence-electron chi connectivity index (χ4n) is 3.51. The summed E-state index contributed by atoms with van der Waals surface area (Å²) in [5, 5.41) is 20.7. The van der Waals surface area contributed by atoms with E-state index in [-0.39, 0.29) is 11.2 Å². The number of fused-ring (bicyclic) bond motifs is 1. The number of hydrogen-bond donors (Lipinski definition) is 4. The molecule has 0 spiro atoms. The molecule has 4 N–H and O–H groups in total. The Kier molecular flexibility index (Phi) is 6.35. The highest BCUT2D eigenvalue weighted by molar-refractivity contribution is 7.44. The molecular formula is C16H26N5O8P. The maximum atomic E-state index is 12.6. The standard InChI is InChI=1S/C16H26N5O8P/c1-8(2)5-19(3)16-17-13-10(14(24)18-16)20(4)7-21(13)15-12(23)11(22)9(29-15)6-28-30(25,26)27/h7-9,11-12,15,22-23H,5-6H2,1-4H3,(H2-,17,18,24,25,26,27)/t9-,11-,12-,15-/m1/s1. The highest BCUT2D eigenvalue weighted by Crippen LogP contribution is 2.34. The molecule has 0 bridgehead atoms. The average Bonchev–Trinajstić information content (AvgIpc) is 3.10. The van der Waals surface area contributed by atoms with Crippen LogP contribution in [0.2, 0.25) is 0 Å². The number of nitrogens with one attached hydrogen (secondary N) is 1. The Labute approximate surface area is 171 Å². The van der Waals surface area contributed by atoms with E-state index in [4.69, 9.17) is 9.63 Å². The molecule has 0 aromatic carbocycles. The molecule has 5 atom stereocenters. The maximum Gasteiger partial charge on any atom is 0.313 e. The second kappa shape index (κ2) is 8.35. The molecule has 2 aromatic rings. The van der Waals surface area contributed by atoms with Crippen LogP contribution in [0.3, 0.4) is 0 Å². The van der Waals surface area contributed by atoms with Gasteiger partial charge in [0.15, 0.2) is 6.33 Å². The predicted octanol–water partition coefficient (Wildman–Crippen LogP) is -2.26. The summed E-state index contributed by atoms with van der Waals surface area (Å²) in [5.74, 6) is 0.639. The molecule has 0 amide bonds. The average molecular weight is 447 g/mol. The molecule has 3 heterocycles. The molecule has 1 aliphatic rings. The van der Waals surface area contributed by atoms with Crippen LogP contribution >= 0.6 is 7.82 Å². The van der Waals surface area contributed by atoms with Crippen molar-refractivity contribution in [3.63, 3.8) is 0 Å². The lowest BCUT2D eigenvalue weighted by Gasteiger charge is -2.19. The number of aromatic nitrogens is 4. The van der Waals surface area contributed by atoms with Crippen LogP contribution in [0.4, 0.5) is 5.95 Å². The lowest BCUT2D eigenvalue weighted by molar-refractivity contribution is -0.745. The zero-order chi connectivity index (χ0) is 22.4. The van der Waals surface area contributed by atoms with Crippen LogP contribution in [-0.2, 0) is 20.9 Å². The summed E-state index contributed by atoms with van der Waals surface area (Å²) in [6, 6.07) is 0. The molecule has 1 unspecified atom stereocenters. The molecule has 1 saturated heterocycles. The van der Waals surface area contributed by atoms with Gasteiger partial charge in [0.25, 0.3) is 19.3 Å². The summed E-state index contributed by atoms with van der Waals surface area (Å²) in [5.41, 5.74) is 0.0368. The van der Waals surface area contributed by atoms with Gasteiger partial charge in [-0.25, -0.2) is 4.57 Å². The Morgan fingerprint density at radius 1 is 1.47 bits per heavy atom. The first-order chi connectivity index (χ1) is 13.9. The first-order valence-electron chi connectivity index (χ1n) is 9.30. The number of nitrogens with zero attached hydrogens (tertiary/aromatic N) is 4. The Morgan fingerprint density at radius 2 is 2.13 bits per heavy atom. The Hall–Kier alpha value is -1.86. The fourth-order valence-corrected chi connectivity index (χ4v) is 3.84. The normalized spacial score (nSPS) is 26.4. The van der Waals surface area contributed by atoms with E-state index in [1.807, 2.05) is 13.8 Å². The minimum atomic E-state index is -5.02. The number of aliphatic hydroxyl groups is 2. The van der Waals surface area contributed by atoms with Gasteiger partial charge in [0, 0.05) is 13.6 Å². The van der Waals surface area contributed by atoms with Gasteiger partial charge in [0.1, 0.15) is 18.3 Å². The van der Waals surface area contributed by atoms with Gasteiger partial charge in [-0.15, -0.1) is 0 Å². The molecule has 2 aromatic heterocycles. The van der Waals surface area contributed by atoms with E-state index in [2.05, 4.69) is 14.5 Å². The number of rotatable bonds is 7. The molecule has 14 heteroatoms. The lowest BCUT2D eigenvalue weighted by atomic mass is 10.1. The van der Waals surface area contributed by atoms with Crippen molar-refractivity contribution in [2.75, 3.05) is 25.1 Å². The predicted molar refractivity (Wildman–Crippen MR) is 101 cm³/mol. The molecule has 0 aliphatic carbocycles. The van der Waals surface area contributed by atoms with Crippen molar-refractivity contribution in [3.8, 4) is 0 Å². The van der Waals surface area contributed by atoms with E-state index in [9.17, 15) is 24.5 Å². The number of hydrogen-bond acceptors (Lipinski definition) is 9. The van der Waals surface area contributed by atoms with Crippen molar-refractivity contribution < 1.29 is 38.4 Å². The van der Waals surface area contributed by atoms with Crippen LogP contribution in [-0.4, -0.2) is 68.2 Å². The van der Waals surface area contributed by atoms with Crippen molar-refractivity contribution in [1.82, 2.24) is 14.5 Å². The lowest BCUT2D eigenvalue weighted by Crippen LogP contribution is -2.46. The molecule has 168 valence electrons. The quantitative estimate of drug-likeness (QED) is 0.267. The number of aliphatic hydroxyl groups excluding tert-OH is 2. The highest BCUT2D eigenvalue weighted by Gasteiger charge is 2.47. The van der Waals surface area contributed by atoms with E-state index < -0.39 is 44.5 Å². The van der Waals surface area contributed by atoms with Crippen LogP contribution in [0, 0.1) is 5.92 Å². The minimum Gasteiger partial charge on any atom is -0.756 e. The van der Waals surface area contributed by atoms with Gasteiger partial charge in [-0.2, -0.15) is 0 Å². The van der Waals surface area contributed by atoms with Crippen molar-refractivity contribution in [3.05, 3.63) is 16.7 Å². The zero-order valence-electron chi connectivity index (χ0n) is 17.0. The fraction of sp³-hybridized carbons (Fsp3) is 0.688. The molecular weight excluding hydrogens is 421 g/mol. The van der Waals surface area contributed by atoms with Gasteiger partial charge in [-0.3, -0.25) is 18.9 Å². The SMILES string of the molecule is CC(C)CN(C)c1nc2c(c(=O)[nH]1)n(C)c[n+]2[C@@H]1O[C@H](COP(=O)([O-])O)[C@@H](O)[C@H]1O. The number of aryl methyl sites for hydroxylation is 1. The third-order valence-corrected chi connectivity index (χ3v) is 5.25. The molecule has 30 heavy (non-hydrogen) atoms. The summed E-state index contributed by atoms with van der Waals surface area (Å²) in [7, 11) is -1.62. The number of phosphoric ester groups is 1. The molecule has 1 fully saturated rings. The van der Waals surface area contributed by atoms with Gasteiger partial charge in [-0.1, -0.05) is 18.8 Å². The van der Waals surface area contributed by atoms with Gasteiger partial charge < -0.3 is 34.2 Å². The summed E-state index contributed by atoms with van der Waals surface area (Å²) in [4.78, 5) is 41.2. The summed E-state index contributed by atoms with van der Waals surface area (Å²) in [6.45, 7) is 4.00. The van der Waals surface area contributed by atoms with E-state index in [1.165, 1.54) is 15.5 Å². The maximum absolute atomic E-state index is 12.6. The number of imidazole rings is 1. The number of aromatic amines is 1. The summed E-state index contributed by atoms with van der Waals surface area (Å²) >= 11 is 0. The van der Waals surface area contributed by atoms with Crippen LogP contribution in [0.25, 0.3) is 11.2 Å². The Morgan fingerprint density at radius 3 is 2.73 bits per heavy atom. The monoisotopic (exact) mass is 447 g/mol. The third kappa shape index (κ3) is 4.57. The second-order valence-corrected chi connectivity index (χ2v) is 8.98. The number of H-pyrrole nitrogens is 1. The zero-order valence-corrected chi connectivity index (χ0v) is 17.9. The Balaban J connectivity index is 1.98. The molecule has 3 rings (SSSR count). The third-order valence-electron chi connectivity index (χ3n) is 4.77. The van der Waals surface area contributed by atoms with E-state index >= 15 is 0 Å². The van der Waals surface area contributed by atoms with Crippen molar-refractivity contribution >= 4 is 24.9 Å². The molecule has 1 aliphatic heterocycles. The molecule has 0 saturated carbocycles. The van der Waals surface area contributed by atoms with E-state index in [1.54, 1.807) is 19.0 Å². The van der Waals surface area contributed by atoms with Gasteiger partial charge >= 0.3 is 5.65 Å². The first kappa shape index (κ1) is 22.8. The van der Waals surface area contributed by atoms with Crippen LogP contribution in [0.15, 0.2) is 11.1 Å². The second-order valence-electron chi connectivity index (χ2n) is 7.78. The van der Waals surface area contributed by atoms with Gasteiger partial charge in [-0.05, 0) is 5.92 Å². The number of ether oxygens (including phenoxy) is 1. The Bertz CT molecular complexity index is 1020. The van der Waals surface area contributed by atoms with Gasteiger partial charge in [0.2, 0.25) is 11.7 Å². The molecule has 13 nitrogen and oxygen atoms in total. The van der Waals surface area contributed by atoms with Crippen molar-refractivity contribution in [1.29, 1.82) is 0 Å². The smallest absolute Gasteiger partial charge is 0.313 e. The van der Waals surface area contributed by atoms with Crippen molar-refractivity contribution in [2.24, 2.45) is 13.0 Å². The van der Waals surface area contributed by atoms with Crippen LogP contribution in [0.5, 0.6) is 0 Å². The first-order valence-corrected chi connectivity index (χ1v) is 10.8. The minimum absolute atomic E-state index is 0.210. The van der Waals surface area contributed by atoms with Crippen molar-refractivity contribution in [2.45, 2.75) is 38.4 Å².